The first-order chi connectivity index (χ1) is 12.4. The summed E-state index contributed by atoms with van der Waals surface area (Å²) in [7, 11) is -3.54. The highest BCUT2D eigenvalue weighted by Crippen LogP contribution is 2.22. The summed E-state index contributed by atoms with van der Waals surface area (Å²) in [5.74, 6) is -1.29. The van der Waals surface area contributed by atoms with Crippen LogP contribution in [0.15, 0.2) is 24.3 Å². The SMILES string of the molecule is CS(=O)(=O)CC(NC(=S)Nc1ccc(CC(F)(F)F)cc1)C(=O)NCC#N. The minimum Gasteiger partial charge on any atom is -0.350 e. The number of hydrogen-bond donors (Lipinski definition) is 3. The monoisotopic (exact) mass is 422 g/mol. The zero-order valence-electron chi connectivity index (χ0n) is 14.1. The Labute approximate surface area is 159 Å². The zero-order valence-corrected chi connectivity index (χ0v) is 15.8. The van der Waals surface area contributed by atoms with Gasteiger partial charge in [-0.1, -0.05) is 12.1 Å². The molecule has 0 aliphatic carbocycles. The van der Waals surface area contributed by atoms with E-state index in [1.807, 2.05) is 0 Å². The van der Waals surface area contributed by atoms with Gasteiger partial charge in [-0.15, -0.1) is 0 Å². The summed E-state index contributed by atoms with van der Waals surface area (Å²) in [6, 6.07) is 5.74. The molecular weight excluding hydrogens is 405 g/mol. The quantitative estimate of drug-likeness (QED) is 0.446. The number of benzene rings is 1. The second-order valence-corrected chi connectivity index (χ2v) is 8.20. The lowest BCUT2D eigenvalue weighted by molar-refractivity contribution is -0.127. The first-order valence-corrected chi connectivity index (χ1v) is 9.92. The molecule has 1 aromatic rings. The molecule has 1 atom stereocenters. The number of nitriles is 1. The van der Waals surface area contributed by atoms with Crippen molar-refractivity contribution in [3.05, 3.63) is 29.8 Å². The number of nitrogens with zero attached hydrogens (tertiary/aromatic N) is 1. The predicted octanol–water partition coefficient (Wildman–Crippen LogP) is 1.13. The molecule has 1 aromatic carbocycles. The summed E-state index contributed by atoms with van der Waals surface area (Å²) >= 11 is 5.01. The van der Waals surface area contributed by atoms with E-state index in [1.54, 1.807) is 6.07 Å². The molecule has 1 amide bonds. The van der Waals surface area contributed by atoms with Gasteiger partial charge in [0.05, 0.1) is 18.2 Å². The molecule has 0 aromatic heterocycles. The fourth-order valence-corrected chi connectivity index (χ4v) is 3.10. The van der Waals surface area contributed by atoms with Gasteiger partial charge in [0.1, 0.15) is 22.4 Å². The largest absolute Gasteiger partial charge is 0.393 e. The Balaban J connectivity index is 2.75. The third-order valence-electron chi connectivity index (χ3n) is 3.05. The van der Waals surface area contributed by atoms with Crippen LogP contribution in [0.3, 0.4) is 0 Å². The smallest absolute Gasteiger partial charge is 0.350 e. The zero-order chi connectivity index (χ0) is 20.7. The number of hydrogen-bond acceptors (Lipinski definition) is 5. The van der Waals surface area contributed by atoms with Crippen molar-refractivity contribution in [2.24, 2.45) is 0 Å². The van der Waals surface area contributed by atoms with Crippen molar-refractivity contribution in [2.45, 2.75) is 18.6 Å². The molecule has 1 rings (SSSR count). The van der Waals surface area contributed by atoms with Crippen molar-refractivity contribution in [1.29, 1.82) is 5.26 Å². The van der Waals surface area contributed by atoms with Crippen LogP contribution in [0.2, 0.25) is 0 Å². The highest BCUT2D eigenvalue weighted by atomic mass is 32.2. The van der Waals surface area contributed by atoms with Crippen LogP contribution < -0.4 is 16.0 Å². The fraction of sp³-hybridized carbons (Fsp3) is 0.400. The van der Waals surface area contributed by atoms with Gasteiger partial charge in [0.25, 0.3) is 0 Å². The summed E-state index contributed by atoms with van der Waals surface area (Å²) in [5, 5.41) is 15.8. The number of anilines is 1. The summed E-state index contributed by atoms with van der Waals surface area (Å²) < 4.78 is 60.0. The van der Waals surface area contributed by atoms with Gasteiger partial charge >= 0.3 is 6.18 Å². The van der Waals surface area contributed by atoms with Gasteiger partial charge in [0.2, 0.25) is 5.91 Å². The lowest BCUT2D eigenvalue weighted by atomic mass is 10.1. The van der Waals surface area contributed by atoms with Gasteiger partial charge in [-0.05, 0) is 29.9 Å². The average molecular weight is 422 g/mol. The molecule has 148 valence electrons. The standard InChI is InChI=1S/C15H17F3N4O3S2/c1-27(24,25)9-12(13(23)20-7-6-19)22-14(26)21-11-4-2-10(3-5-11)8-15(16,17)18/h2-5,12H,7-9H2,1H3,(H,20,23)(H2,21,22,26). The highest BCUT2D eigenvalue weighted by Gasteiger charge is 2.27. The third-order valence-corrected chi connectivity index (χ3v) is 4.21. The minimum atomic E-state index is -4.32. The lowest BCUT2D eigenvalue weighted by Crippen LogP contribution is -2.51. The molecule has 7 nitrogen and oxygen atoms in total. The second kappa shape index (κ2) is 9.52. The Morgan fingerprint density at radius 3 is 2.37 bits per heavy atom. The van der Waals surface area contributed by atoms with Crippen molar-refractivity contribution in [3.8, 4) is 6.07 Å². The Kier molecular flexibility index (Phi) is 7.98. The van der Waals surface area contributed by atoms with Crippen LogP contribution >= 0.6 is 12.2 Å². The van der Waals surface area contributed by atoms with Crippen LogP contribution in [0.1, 0.15) is 5.56 Å². The maximum absolute atomic E-state index is 12.3. The van der Waals surface area contributed by atoms with Crippen LogP contribution in [-0.2, 0) is 21.1 Å². The Hall–Kier alpha value is -2.39. The number of halogens is 3. The van der Waals surface area contributed by atoms with E-state index in [0.717, 1.165) is 6.26 Å². The molecule has 0 saturated heterocycles. The fourth-order valence-electron chi connectivity index (χ4n) is 2.00. The Bertz CT molecular complexity index is 818. The van der Waals surface area contributed by atoms with E-state index >= 15 is 0 Å². The van der Waals surface area contributed by atoms with Gasteiger partial charge in [0, 0.05) is 11.9 Å². The topological polar surface area (TPSA) is 111 Å². The second-order valence-electron chi connectivity index (χ2n) is 5.61. The van der Waals surface area contributed by atoms with E-state index in [0.29, 0.717) is 5.69 Å². The molecule has 12 heteroatoms. The van der Waals surface area contributed by atoms with Crippen molar-refractivity contribution >= 4 is 38.8 Å². The number of carbonyl (C=O) groups excluding carboxylic acids is 1. The summed E-state index contributed by atoms with van der Waals surface area (Å²) in [4.78, 5) is 12.0. The molecule has 0 bridgehead atoms. The van der Waals surface area contributed by atoms with Crippen molar-refractivity contribution in [3.63, 3.8) is 0 Å². The Morgan fingerprint density at radius 2 is 1.89 bits per heavy atom. The molecule has 0 fully saturated rings. The molecule has 0 aliphatic heterocycles. The van der Waals surface area contributed by atoms with Gasteiger partial charge in [-0.25, -0.2) is 8.42 Å². The van der Waals surface area contributed by atoms with E-state index in [9.17, 15) is 26.4 Å². The van der Waals surface area contributed by atoms with Gasteiger partial charge in [-0.2, -0.15) is 18.4 Å². The number of alkyl halides is 3. The molecule has 0 saturated carbocycles. The molecular formula is C15H17F3N4O3S2. The molecule has 3 N–H and O–H groups in total. The van der Waals surface area contributed by atoms with Gasteiger partial charge in [-0.3, -0.25) is 4.79 Å². The maximum atomic E-state index is 12.3. The highest BCUT2D eigenvalue weighted by molar-refractivity contribution is 7.90. The van der Waals surface area contributed by atoms with Gasteiger partial charge < -0.3 is 16.0 Å². The number of rotatable bonds is 7. The van der Waals surface area contributed by atoms with Crippen LogP contribution in [0.25, 0.3) is 0 Å². The molecule has 0 heterocycles. The summed E-state index contributed by atoms with van der Waals surface area (Å²) in [6.07, 6.45) is -4.44. The number of carbonyl (C=O) groups is 1. The van der Waals surface area contributed by atoms with Crippen LogP contribution in [0.4, 0.5) is 18.9 Å². The maximum Gasteiger partial charge on any atom is 0.393 e. The first-order valence-electron chi connectivity index (χ1n) is 7.45. The molecule has 0 spiro atoms. The number of thiocarbonyl (C=S) groups is 1. The first kappa shape index (κ1) is 22.7. The average Bonchev–Trinajstić information content (AvgIpc) is 2.51. The molecule has 1 unspecified atom stereocenters. The Morgan fingerprint density at radius 1 is 1.30 bits per heavy atom. The summed E-state index contributed by atoms with van der Waals surface area (Å²) in [6.45, 7) is -0.304. The molecule has 0 radical (unpaired) electrons. The van der Waals surface area contributed by atoms with E-state index in [1.165, 1.54) is 24.3 Å². The van der Waals surface area contributed by atoms with Crippen molar-refractivity contribution in [1.82, 2.24) is 10.6 Å². The van der Waals surface area contributed by atoms with Crippen LogP contribution in [-0.4, -0.2) is 50.2 Å². The van der Waals surface area contributed by atoms with E-state index in [-0.39, 0.29) is 17.2 Å². The van der Waals surface area contributed by atoms with Gasteiger partial charge in [0.15, 0.2) is 5.11 Å². The van der Waals surface area contributed by atoms with E-state index in [4.69, 9.17) is 17.5 Å². The van der Waals surface area contributed by atoms with Crippen LogP contribution in [0.5, 0.6) is 0 Å². The van der Waals surface area contributed by atoms with Crippen LogP contribution in [0, 0.1) is 11.3 Å². The molecule has 27 heavy (non-hydrogen) atoms. The van der Waals surface area contributed by atoms with Crippen molar-refractivity contribution in [2.75, 3.05) is 23.9 Å². The predicted molar refractivity (Wildman–Crippen MR) is 97.7 cm³/mol. The number of nitrogens with one attached hydrogen (secondary N) is 3. The molecule has 0 aliphatic rings. The number of sulfone groups is 1. The summed E-state index contributed by atoms with van der Waals surface area (Å²) in [5.41, 5.74) is 0.423. The van der Waals surface area contributed by atoms with Crippen molar-refractivity contribution < 1.29 is 26.4 Å². The number of amides is 1. The third kappa shape index (κ3) is 9.76. The minimum absolute atomic E-state index is 0.0674. The normalized spacial score (nSPS) is 12.6. The van der Waals surface area contributed by atoms with E-state index in [2.05, 4.69) is 16.0 Å². The van der Waals surface area contributed by atoms with E-state index < -0.39 is 40.1 Å². The lowest BCUT2D eigenvalue weighted by Gasteiger charge is -2.19.